The van der Waals surface area contributed by atoms with Crippen molar-refractivity contribution in [1.82, 2.24) is 9.62 Å². The average molecular weight is 278 g/mol. The van der Waals surface area contributed by atoms with Crippen molar-refractivity contribution in [3.05, 3.63) is 0 Å². The lowest BCUT2D eigenvalue weighted by atomic mass is 9.96. The molecule has 1 heterocycles. The lowest BCUT2D eigenvalue weighted by Crippen LogP contribution is -2.50. The normalized spacial score (nSPS) is 26.7. The highest BCUT2D eigenvalue weighted by Crippen LogP contribution is 2.25. The molecule has 0 amide bonds. The third-order valence-corrected chi connectivity index (χ3v) is 5.24. The number of sulfonamides is 1. The van der Waals surface area contributed by atoms with Gasteiger partial charge in [0.05, 0.1) is 11.4 Å². The minimum absolute atomic E-state index is 0.158. The van der Waals surface area contributed by atoms with Gasteiger partial charge in [0, 0.05) is 32.8 Å². The van der Waals surface area contributed by atoms with Gasteiger partial charge in [-0.3, -0.25) is 0 Å². The molecule has 0 aromatic heterocycles. The monoisotopic (exact) mass is 278 g/mol. The van der Waals surface area contributed by atoms with Gasteiger partial charge >= 0.3 is 0 Å². The molecule has 1 rings (SSSR count). The van der Waals surface area contributed by atoms with Crippen LogP contribution in [0.4, 0.5) is 0 Å². The first-order chi connectivity index (χ1) is 8.29. The highest BCUT2D eigenvalue weighted by Gasteiger charge is 2.35. The second-order valence-electron chi connectivity index (χ2n) is 5.52. The summed E-state index contributed by atoms with van der Waals surface area (Å²) >= 11 is 0. The Morgan fingerprint density at radius 2 is 2.11 bits per heavy atom. The van der Waals surface area contributed by atoms with Crippen LogP contribution in [0.3, 0.4) is 0 Å². The number of nitrogens with zero attached hydrogens (tertiary/aromatic N) is 1. The van der Waals surface area contributed by atoms with Crippen LogP contribution < -0.4 is 5.32 Å². The van der Waals surface area contributed by atoms with Crippen LogP contribution in [0.2, 0.25) is 0 Å². The smallest absolute Gasteiger partial charge is 0.215 e. The number of nitrogens with one attached hydrogen (secondary N) is 1. The molecule has 1 N–H and O–H groups in total. The summed E-state index contributed by atoms with van der Waals surface area (Å²) in [6.07, 6.45) is 1.78. The third-order valence-electron chi connectivity index (χ3n) is 3.42. The minimum Gasteiger partial charge on any atom is -0.377 e. The predicted molar refractivity (Wildman–Crippen MR) is 73.1 cm³/mol. The fourth-order valence-electron chi connectivity index (χ4n) is 2.17. The van der Waals surface area contributed by atoms with Crippen LogP contribution in [0.5, 0.6) is 0 Å². The SMILES string of the molecule is COC1(C)CCCN(S(=O)(=O)CCNC(C)C)C1. The molecule has 0 radical (unpaired) electrons. The molecule has 0 bridgehead atoms. The summed E-state index contributed by atoms with van der Waals surface area (Å²) in [5.74, 6) is 0.158. The Balaban J connectivity index is 2.56. The minimum atomic E-state index is -3.17. The fraction of sp³-hybridized carbons (Fsp3) is 1.00. The molecule has 108 valence electrons. The van der Waals surface area contributed by atoms with Crippen molar-refractivity contribution in [2.75, 3.05) is 32.5 Å². The van der Waals surface area contributed by atoms with E-state index in [9.17, 15) is 8.42 Å². The second kappa shape index (κ2) is 6.32. The number of ether oxygens (including phenoxy) is 1. The molecule has 6 heteroatoms. The number of hydrogen-bond acceptors (Lipinski definition) is 4. The molecule has 0 spiro atoms. The molecule has 0 aliphatic carbocycles. The zero-order chi connectivity index (χ0) is 13.8. The van der Waals surface area contributed by atoms with Crippen molar-refractivity contribution in [3.63, 3.8) is 0 Å². The van der Waals surface area contributed by atoms with Crippen molar-refractivity contribution in [3.8, 4) is 0 Å². The summed E-state index contributed by atoms with van der Waals surface area (Å²) in [5, 5.41) is 3.14. The first kappa shape index (κ1) is 15.9. The summed E-state index contributed by atoms with van der Waals surface area (Å²) in [4.78, 5) is 0. The highest BCUT2D eigenvalue weighted by atomic mass is 32.2. The zero-order valence-corrected chi connectivity index (χ0v) is 12.7. The lowest BCUT2D eigenvalue weighted by Gasteiger charge is -2.38. The quantitative estimate of drug-likeness (QED) is 0.781. The van der Waals surface area contributed by atoms with E-state index in [1.807, 2.05) is 20.8 Å². The van der Waals surface area contributed by atoms with Crippen molar-refractivity contribution < 1.29 is 13.2 Å². The van der Waals surface area contributed by atoms with Gasteiger partial charge in [-0.05, 0) is 19.8 Å². The molecule has 0 aromatic rings. The van der Waals surface area contributed by atoms with E-state index in [0.717, 1.165) is 12.8 Å². The molecule has 0 saturated carbocycles. The fourth-order valence-corrected chi connectivity index (χ4v) is 3.68. The van der Waals surface area contributed by atoms with Gasteiger partial charge in [-0.1, -0.05) is 13.8 Å². The summed E-state index contributed by atoms with van der Waals surface area (Å²) in [6, 6.07) is 0.311. The highest BCUT2D eigenvalue weighted by molar-refractivity contribution is 7.89. The van der Waals surface area contributed by atoms with Crippen molar-refractivity contribution in [1.29, 1.82) is 0 Å². The van der Waals surface area contributed by atoms with Gasteiger partial charge in [0.2, 0.25) is 10.0 Å². The first-order valence-electron chi connectivity index (χ1n) is 6.55. The van der Waals surface area contributed by atoms with Gasteiger partial charge in [0.1, 0.15) is 0 Å². The topological polar surface area (TPSA) is 58.6 Å². The van der Waals surface area contributed by atoms with Crippen LogP contribution >= 0.6 is 0 Å². The van der Waals surface area contributed by atoms with E-state index in [0.29, 0.717) is 25.7 Å². The standard InChI is InChI=1S/C12H26N2O3S/c1-11(2)13-7-9-18(15,16)14-8-5-6-12(3,10-14)17-4/h11,13H,5-10H2,1-4H3. The number of piperidine rings is 1. The molecule has 1 saturated heterocycles. The molecule has 1 aliphatic rings. The first-order valence-corrected chi connectivity index (χ1v) is 8.16. The summed E-state index contributed by atoms with van der Waals surface area (Å²) in [7, 11) is -1.52. The molecule has 1 unspecified atom stereocenters. The van der Waals surface area contributed by atoms with Crippen molar-refractivity contribution >= 4 is 10.0 Å². The van der Waals surface area contributed by atoms with E-state index in [1.165, 1.54) is 0 Å². The maximum Gasteiger partial charge on any atom is 0.215 e. The van der Waals surface area contributed by atoms with E-state index in [2.05, 4.69) is 5.32 Å². The largest absolute Gasteiger partial charge is 0.377 e. The Bertz CT molecular complexity index is 356. The van der Waals surface area contributed by atoms with Gasteiger partial charge in [0.25, 0.3) is 0 Å². The maximum atomic E-state index is 12.2. The van der Waals surface area contributed by atoms with Gasteiger partial charge in [-0.25, -0.2) is 8.42 Å². The molecular weight excluding hydrogens is 252 g/mol. The van der Waals surface area contributed by atoms with E-state index < -0.39 is 10.0 Å². The molecular formula is C12H26N2O3S. The molecule has 18 heavy (non-hydrogen) atoms. The van der Waals surface area contributed by atoms with E-state index in [4.69, 9.17) is 4.74 Å². The average Bonchev–Trinajstić information content (AvgIpc) is 2.28. The van der Waals surface area contributed by atoms with E-state index in [1.54, 1.807) is 11.4 Å². The lowest BCUT2D eigenvalue weighted by molar-refractivity contribution is -0.0319. The van der Waals surface area contributed by atoms with Crippen LogP contribution in [-0.4, -0.2) is 56.9 Å². The number of methoxy groups -OCH3 is 1. The molecule has 1 fully saturated rings. The maximum absolute atomic E-state index is 12.2. The van der Waals surface area contributed by atoms with Crippen molar-refractivity contribution in [2.45, 2.75) is 45.3 Å². The van der Waals surface area contributed by atoms with Gasteiger partial charge in [0.15, 0.2) is 0 Å². The predicted octanol–water partition coefficient (Wildman–Crippen LogP) is 0.815. The Hall–Kier alpha value is -0.170. The van der Waals surface area contributed by atoms with Crippen LogP contribution in [0.1, 0.15) is 33.6 Å². The van der Waals surface area contributed by atoms with Gasteiger partial charge in [-0.2, -0.15) is 4.31 Å². The Labute approximate surface area is 111 Å². The van der Waals surface area contributed by atoms with Crippen molar-refractivity contribution in [2.24, 2.45) is 0 Å². The summed E-state index contributed by atoms with van der Waals surface area (Å²) in [6.45, 7) is 7.57. The third kappa shape index (κ3) is 4.50. The Morgan fingerprint density at radius 1 is 1.44 bits per heavy atom. The van der Waals surface area contributed by atoms with E-state index >= 15 is 0 Å². The molecule has 1 aliphatic heterocycles. The van der Waals surface area contributed by atoms with Gasteiger partial charge < -0.3 is 10.1 Å². The molecule has 0 aromatic carbocycles. The number of rotatable bonds is 6. The second-order valence-corrected chi connectivity index (χ2v) is 7.60. The van der Waals surface area contributed by atoms with Gasteiger partial charge in [-0.15, -0.1) is 0 Å². The Morgan fingerprint density at radius 3 is 2.67 bits per heavy atom. The number of hydrogen-bond donors (Lipinski definition) is 1. The van der Waals surface area contributed by atoms with Crippen LogP contribution in [0, 0.1) is 0 Å². The Kier molecular flexibility index (Phi) is 5.58. The van der Waals surface area contributed by atoms with Crippen LogP contribution in [0.25, 0.3) is 0 Å². The summed E-state index contributed by atoms with van der Waals surface area (Å²) < 4.78 is 31.4. The van der Waals surface area contributed by atoms with Crippen LogP contribution in [-0.2, 0) is 14.8 Å². The molecule has 1 atom stereocenters. The van der Waals surface area contributed by atoms with Crippen LogP contribution in [0.15, 0.2) is 0 Å². The zero-order valence-electron chi connectivity index (χ0n) is 11.9. The molecule has 5 nitrogen and oxygen atoms in total. The summed E-state index contributed by atoms with van der Waals surface area (Å²) in [5.41, 5.74) is -0.337. The van der Waals surface area contributed by atoms with E-state index in [-0.39, 0.29) is 11.4 Å².